The highest BCUT2D eigenvalue weighted by molar-refractivity contribution is 6.35. The van der Waals surface area contributed by atoms with Crippen LogP contribution in [-0.2, 0) is 11.8 Å². The number of hydrogen-bond donors (Lipinski definition) is 1. The molecule has 1 aromatic heterocycles. The minimum absolute atomic E-state index is 0.0666. The molecule has 1 aliphatic heterocycles. The Balaban J connectivity index is 1.77. The zero-order valence-corrected chi connectivity index (χ0v) is 14.1. The number of methoxy groups -OCH3 is 1. The van der Waals surface area contributed by atoms with E-state index in [9.17, 15) is 4.79 Å². The van der Waals surface area contributed by atoms with Gasteiger partial charge in [-0.15, -0.1) is 0 Å². The van der Waals surface area contributed by atoms with Gasteiger partial charge in [-0.05, 0) is 53.6 Å². The number of ether oxygens (including phenoxy) is 1. The van der Waals surface area contributed by atoms with Crippen LogP contribution in [0.5, 0.6) is 5.75 Å². The van der Waals surface area contributed by atoms with Crippen molar-refractivity contribution in [3.63, 3.8) is 0 Å². The van der Waals surface area contributed by atoms with E-state index in [0.717, 1.165) is 33.8 Å². The molecular formula is C21H18N2O2. The first-order chi connectivity index (χ1) is 12.2. The van der Waals surface area contributed by atoms with Gasteiger partial charge in [-0.2, -0.15) is 0 Å². The van der Waals surface area contributed by atoms with Gasteiger partial charge in [0.15, 0.2) is 0 Å². The quantitative estimate of drug-likeness (QED) is 0.732. The van der Waals surface area contributed by atoms with Crippen LogP contribution < -0.4 is 10.1 Å². The number of hydrogen-bond acceptors (Lipinski definition) is 2. The van der Waals surface area contributed by atoms with Gasteiger partial charge in [0.05, 0.1) is 12.7 Å². The Hall–Kier alpha value is -3.27. The zero-order chi connectivity index (χ0) is 17.4. The standard InChI is InChI=1S/C21H18N2O2/c1-23-11-3-4-16(23)13-19-18-12-15(7-10-20(18)22-21(19)24)14-5-8-17(25-2)9-6-14/h3-13H,1-2H3,(H,22,24). The largest absolute Gasteiger partial charge is 0.497 e. The van der Waals surface area contributed by atoms with Gasteiger partial charge in [-0.25, -0.2) is 0 Å². The predicted molar refractivity (Wildman–Crippen MR) is 100 cm³/mol. The fourth-order valence-corrected chi connectivity index (χ4v) is 3.07. The number of aromatic nitrogens is 1. The fourth-order valence-electron chi connectivity index (χ4n) is 3.07. The first-order valence-electron chi connectivity index (χ1n) is 8.09. The smallest absolute Gasteiger partial charge is 0.256 e. The average Bonchev–Trinajstić information content (AvgIpc) is 3.18. The summed E-state index contributed by atoms with van der Waals surface area (Å²) < 4.78 is 7.21. The van der Waals surface area contributed by atoms with E-state index in [2.05, 4.69) is 11.4 Å². The van der Waals surface area contributed by atoms with Crippen LogP contribution in [0.4, 0.5) is 5.69 Å². The maximum Gasteiger partial charge on any atom is 0.256 e. The first-order valence-corrected chi connectivity index (χ1v) is 8.09. The van der Waals surface area contributed by atoms with Crippen molar-refractivity contribution in [2.24, 2.45) is 7.05 Å². The molecule has 2 heterocycles. The third-order valence-corrected chi connectivity index (χ3v) is 4.50. The van der Waals surface area contributed by atoms with Crippen LogP contribution in [0.3, 0.4) is 0 Å². The normalized spacial score (nSPS) is 14.5. The van der Waals surface area contributed by atoms with E-state index in [-0.39, 0.29) is 5.91 Å². The number of carbonyl (C=O) groups is 1. The Morgan fingerprint density at radius 1 is 1.04 bits per heavy atom. The topological polar surface area (TPSA) is 43.3 Å². The van der Waals surface area contributed by atoms with E-state index in [0.29, 0.717) is 5.57 Å². The minimum atomic E-state index is -0.0666. The SMILES string of the molecule is COc1ccc(-c2ccc3c(c2)C(=Cc2cccn2C)C(=O)N3)cc1. The summed E-state index contributed by atoms with van der Waals surface area (Å²) in [5, 5.41) is 2.94. The Bertz CT molecular complexity index is 981. The highest BCUT2D eigenvalue weighted by Gasteiger charge is 2.24. The van der Waals surface area contributed by atoms with Crippen LogP contribution in [-0.4, -0.2) is 17.6 Å². The van der Waals surface area contributed by atoms with Crippen molar-refractivity contribution >= 4 is 23.2 Å². The van der Waals surface area contributed by atoms with Crippen molar-refractivity contribution in [1.29, 1.82) is 0 Å². The third kappa shape index (κ3) is 2.72. The van der Waals surface area contributed by atoms with Crippen LogP contribution in [0.15, 0.2) is 60.8 Å². The highest BCUT2D eigenvalue weighted by atomic mass is 16.5. The highest BCUT2D eigenvalue weighted by Crippen LogP contribution is 2.36. The lowest BCUT2D eigenvalue weighted by atomic mass is 9.99. The van der Waals surface area contributed by atoms with Crippen molar-refractivity contribution < 1.29 is 9.53 Å². The van der Waals surface area contributed by atoms with Crippen LogP contribution in [0.2, 0.25) is 0 Å². The molecule has 0 saturated heterocycles. The van der Waals surface area contributed by atoms with Gasteiger partial charge in [0.25, 0.3) is 5.91 Å². The second kappa shape index (κ2) is 5.98. The summed E-state index contributed by atoms with van der Waals surface area (Å²) in [4.78, 5) is 12.4. The van der Waals surface area contributed by atoms with Gasteiger partial charge in [0.2, 0.25) is 0 Å². The Morgan fingerprint density at radius 3 is 2.48 bits per heavy atom. The van der Waals surface area contributed by atoms with Crippen molar-refractivity contribution in [1.82, 2.24) is 4.57 Å². The van der Waals surface area contributed by atoms with E-state index >= 15 is 0 Å². The number of rotatable bonds is 3. The molecule has 3 aromatic rings. The first kappa shape index (κ1) is 15.3. The summed E-state index contributed by atoms with van der Waals surface area (Å²) in [5.41, 5.74) is 5.61. The van der Waals surface area contributed by atoms with Crippen molar-refractivity contribution in [2.75, 3.05) is 12.4 Å². The van der Waals surface area contributed by atoms with E-state index in [1.807, 2.05) is 72.4 Å². The maximum atomic E-state index is 12.4. The number of nitrogens with zero attached hydrogens (tertiary/aromatic N) is 1. The Kier molecular flexibility index (Phi) is 3.65. The summed E-state index contributed by atoms with van der Waals surface area (Å²) in [7, 11) is 3.62. The summed E-state index contributed by atoms with van der Waals surface area (Å²) in [6, 6.07) is 17.9. The fraction of sp³-hybridized carbons (Fsp3) is 0.0952. The maximum absolute atomic E-state index is 12.4. The number of amides is 1. The summed E-state index contributed by atoms with van der Waals surface area (Å²) in [5.74, 6) is 0.758. The molecule has 0 saturated carbocycles. The lowest BCUT2D eigenvalue weighted by molar-refractivity contribution is -0.110. The second-order valence-corrected chi connectivity index (χ2v) is 6.04. The van der Waals surface area contributed by atoms with E-state index in [4.69, 9.17) is 4.74 Å². The van der Waals surface area contributed by atoms with Gasteiger partial charge in [-0.3, -0.25) is 4.79 Å². The van der Waals surface area contributed by atoms with Crippen LogP contribution in [0.1, 0.15) is 11.3 Å². The third-order valence-electron chi connectivity index (χ3n) is 4.50. The summed E-state index contributed by atoms with van der Waals surface area (Å²) in [6.07, 6.45) is 3.90. The molecule has 0 spiro atoms. The number of benzene rings is 2. The number of fused-ring (bicyclic) bond motifs is 1. The van der Waals surface area contributed by atoms with Crippen LogP contribution in [0, 0.1) is 0 Å². The van der Waals surface area contributed by atoms with E-state index in [1.165, 1.54) is 0 Å². The van der Waals surface area contributed by atoms with Gasteiger partial charge in [0.1, 0.15) is 5.75 Å². The summed E-state index contributed by atoms with van der Waals surface area (Å²) in [6.45, 7) is 0. The monoisotopic (exact) mass is 330 g/mol. The minimum Gasteiger partial charge on any atom is -0.497 e. The number of nitrogens with one attached hydrogen (secondary N) is 1. The molecule has 124 valence electrons. The predicted octanol–water partition coefficient (Wildman–Crippen LogP) is 4.19. The molecule has 0 bridgehead atoms. The van der Waals surface area contributed by atoms with Crippen LogP contribution >= 0.6 is 0 Å². The molecule has 4 heteroatoms. The molecule has 1 amide bonds. The number of carbonyl (C=O) groups excluding carboxylic acids is 1. The molecule has 0 unspecified atom stereocenters. The molecule has 25 heavy (non-hydrogen) atoms. The van der Waals surface area contributed by atoms with Gasteiger partial charge in [0, 0.05) is 30.2 Å². The molecule has 0 atom stereocenters. The van der Waals surface area contributed by atoms with E-state index in [1.54, 1.807) is 7.11 Å². The lowest BCUT2D eigenvalue weighted by Gasteiger charge is -2.06. The van der Waals surface area contributed by atoms with E-state index < -0.39 is 0 Å². The molecule has 0 aliphatic carbocycles. The number of anilines is 1. The number of aryl methyl sites for hydroxylation is 1. The molecule has 0 fully saturated rings. The molecule has 0 radical (unpaired) electrons. The van der Waals surface area contributed by atoms with Crippen molar-refractivity contribution in [2.45, 2.75) is 0 Å². The molecule has 1 aliphatic rings. The average molecular weight is 330 g/mol. The van der Waals surface area contributed by atoms with Crippen molar-refractivity contribution in [3.8, 4) is 16.9 Å². The van der Waals surface area contributed by atoms with Gasteiger partial charge in [-0.1, -0.05) is 18.2 Å². The Labute approximate surface area is 146 Å². The molecule has 1 N–H and O–H groups in total. The molecular weight excluding hydrogens is 312 g/mol. The molecule has 4 nitrogen and oxygen atoms in total. The van der Waals surface area contributed by atoms with Crippen molar-refractivity contribution in [3.05, 3.63) is 72.1 Å². The van der Waals surface area contributed by atoms with Gasteiger partial charge >= 0.3 is 0 Å². The summed E-state index contributed by atoms with van der Waals surface area (Å²) >= 11 is 0. The second-order valence-electron chi connectivity index (χ2n) is 6.04. The molecule has 2 aromatic carbocycles. The zero-order valence-electron chi connectivity index (χ0n) is 14.1. The molecule has 4 rings (SSSR count). The van der Waals surface area contributed by atoms with Crippen LogP contribution in [0.25, 0.3) is 22.8 Å². The lowest BCUT2D eigenvalue weighted by Crippen LogP contribution is -2.03. The van der Waals surface area contributed by atoms with Gasteiger partial charge < -0.3 is 14.6 Å². The Morgan fingerprint density at radius 2 is 1.80 bits per heavy atom.